The van der Waals surface area contributed by atoms with Crippen molar-refractivity contribution in [1.29, 1.82) is 0 Å². The number of benzene rings is 2. The molecular weight excluding hydrogens is 336 g/mol. The molecule has 27 heavy (non-hydrogen) atoms. The highest BCUT2D eigenvalue weighted by molar-refractivity contribution is 5.32. The van der Waals surface area contributed by atoms with E-state index >= 15 is 0 Å². The van der Waals surface area contributed by atoms with Gasteiger partial charge in [-0.1, -0.05) is 52.0 Å². The van der Waals surface area contributed by atoms with Gasteiger partial charge in [-0.25, -0.2) is 0 Å². The molecule has 0 amide bonds. The minimum atomic E-state index is -0.245. The van der Waals surface area contributed by atoms with Crippen LogP contribution in [0.1, 0.15) is 70.4 Å². The third-order valence-corrected chi connectivity index (χ3v) is 4.89. The average Bonchev–Trinajstić information content (AvgIpc) is 2.65. The Morgan fingerprint density at radius 3 is 2.22 bits per heavy atom. The first kappa shape index (κ1) is 21.3. The predicted molar refractivity (Wildman–Crippen MR) is 111 cm³/mol. The normalized spacial score (nSPS) is 14.7. The molecule has 0 saturated heterocycles. The van der Waals surface area contributed by atoms with Gasteiger partial charge < -0.3 is 14.6 Å². The number of aromatic hydroxyl groups is 1. The Labute approximate surface area is 164 Å². The summed E-state index contributed by atoms with van der Waals surface area (Å²) in [5.74, 6) is 2.54. The second kappa shape index (κ2) is 10.4. The third-order valence-electron chi connectivity index (χ3n) is 4.89. The molecule has 2 aromatic rings. The Morgan fingerprint density at radius 2 is 1.63 bits per heavy atom. The van der Waals surface area contributed by atoms with Gasteiger partial charge in [-0.05, 0) is 72.9 Å². The van der Waals surface area contributed by atoms with Crippen LogP contribution in [0.3, 0.4) is 0 Å². The largest absolute Gasteiger partial charge is 0.508 e. The Hall–Kier alpha value is -2.00. The predicted octanol–water partition coefficient (Wildman–Crippen LogP) is 6.48. The van der Waals surface area contributed by atoms with Crippen molar-refractivity contribution in [2.24, 2.45) is 5.92 Å². The van der Waals surface area contributed by atoms with Crippen LogP contribution in [-0.2, 0) is 4.74 Å². The minimum absolute atomic E-state index is 0.245. The SMILES string of the molecule is CCC(CC(C)c1ccc(OC(C)OCC(C)C)cc1)c1cccc(O)c1. The van der Waals surface area contributed by atoms with E-state index in [-0.39, 0.29) is 6.29 Å². The fourth-order valence-electron chi connectivity index (χ4n) is 3.31. The molecule has 0 aromatic heterocycles. The van der Waals surface area contributed by atoms with Crippen molar-refractivity contribution in [2.45, 2.75) is 65.6 Å². The first-order valence-corrected chi connectivity index (χ1v) is 10.1. The van der Waals surface area contributed by atoms with E-state index in [1.807, 2.05) is 31.2 Å². The van der Waals surface area contributed by atoms with E-state index in [2.05, 4.69) is 45.9 Å². The average molecular weight is 371 g/mol. The molecule has 3 unspecified atom stereocenters. The summed E-state index contributed by atoms with van der Waals surface area (Å²) in [7, 11) is 0. The van der Waals surface area contributed by atoms with Gasteiger partial charge in [0, 0.05) is 0 Å². The van der Waals surface area contributed by atoms with Gasteiger partial charge in [0.2, 0.25) is 0 Å². The lowest BCUT2D eigenvalue weighted by molar-refractivity contribution is -0.0755. The molecule has 1 N–H and O–H groups in total. The van der Waals surface area contributed by atoms with Crippen LogP contribution in [0.2, 0.25) is 0 Å². The highest BCUT2D eigenvalue weighted by atomic mass is 16.7. The second-order valence-corrected chi connectivity index (χ2v) is 7.82. The van der Waals surface area contributed by atoms with E-state index in [1.54, 1.807) is 6.07 Å². The molecule has 2 rings (SSSR count). The fraction of sp³-hybridized carbons (Fsp3) is 0.500. The molecule has 3 nitrogen and oxygen atoms in total. The summed E-state index contributed by atoms with van der Waals surface area (Å²) in [4.78, 5) is 0. The van der Waals surface area contributed by atoms with Crippen LogP contribution in [0.5, 0.6) is 11.5 Å². The van der Waals surface area contributed by atoms with Gasteiger partial charge in [0.1, 0.15) is 11.5 Å². The zero-order chi connectivity index (χ0) is 19.8. The van der Waals surface area contributed by atoms with E-state index in [4.69, 9.17) is 9.47 Å². The summed E-state index contributed by atoms with van der Waals surface area (Å²) in [5.41, 5.74) is 2.51. The monoisotopic (exact) mass is 370 g/mol. The van der Waals surface area contributed by atoms with Crippen LogP contribution in [0.25, 0.3) is 0 Å². The molecule has 0 bridgehead atoms. The highest BCUT2D eigenvalue weighted by Gasteiger charge is 2.16. The summed E-state index contributed by atoms with van der Waals surface area (Å²) in [5, 5.41) is 9.76. The van der Waals surface area contributed by atoms with E-state index in [1.165, 1.54) is 11.1 Å². The lowest BCUT2D eigenvalue weighted by Gasteiger charge is -2.21. The highest BCUT2D eigenvalue weighted by Crippen LogP contribution is 2.33. The number of phenolic OH excluding ortho intramolecular Hbond substituents is 1. The van der Waals surface area contributed by atoms with Crippen molar-refractivity contribution >= 4 is 0 Å². The van der Waals surface area contributed by atoms with Gasteiger partial charge in [0.25, 0.3) is 0 Å². The molecule has 3 heteroatoms. The van der Waals surface area contributed by atoms with Gasteiger partial charge in [0.15, 0.2) is 6.29 Å². The fourth-order valence-corrected chi connectivity index (χ4v) is 3.31. The van der Waals surface area contributed by atoms with Gasteiger partial charge >= 0.3 is 0 Å². The van der Waals surface area contributed by atoms with Crippen molar-refractivity contribution < 1.29 is 14.6 Å². The smallest absolute Gasteiger partial charge is 0.196 e. The Morgan fingerprint density at radius 1 is 0.926 bits per heavy atom. The van der Waals surface area contributed by atoms with Gasteiger partial charge in [-0.2, -0.15) is 0 Å². The summed E-state index contributed by atoms with van der Waals surface area (Å²) in [6.45, 7) is 11.4. The Kier molecular flexibility index (Phi) is 8.18. The lowest BCUT2D eigenvalue weighted by atomic mass is 9.84. The number of phenols is 1. The first-order chi connectivity index (χ1) is 12.9. The summed E-state index contributed by atoms with van der Waals surface area (Å²) in [6, 6.07) is 16.0. The van der Waals surface area contributed by atoms with Crippen molar-refractivity contribution in [3.8, 4) is 11.5 Å². The third kappa shape index (κ3) is 6.91. The maximum Gasteiger partial charge on any atom is 0.196 e. The van der Waals surface area contributed by atoms with Crippen molar-refractivity contribution in [3.63, 3.8) is 0 Å². The molecule has 0 aliphatic rings. The van der Waals surface area contributed by atoms with Gasteiger partial charge in [0.05, 0.1) is 6.61 Å². The molecule has 0 radical (unpaired) electrons. The van der Waals surface area contributed by atoms with E-state index < -0.39 is 0 Å². The maximum atomic E-state index is 9.76. The van der Waals surface area contributed by atoms with E-state index in [0.29, 0.717) is 30.1 Å². The second-order valence-electron chi connectivity index (χ2n) is 7.82. The van der Waals surface area contributed by atoms with Crippen LogP contribution in [0, 0.1) is 5.92 Å². The molecule has 0 aliphatic carbocycles. The van der Waals surface area contributed by atoms with Gasteiger partial charge in [-0.15, -0.1) is 0 Å². The van der Waals surface area contributed by atoms with E-state index in [9.17, 15) is 5.11 Å². The number of hydrogen-bond acceptors (Lipinski definition) is 3. The molecule has 148 valence electrons. The van der Waals surface area contributed by atoms with Crippen LogP contribution in [0.15, 0.2) is 48.5 Å². The Balaban J connectivity index is 1.95. The van der Waals surface area contributed by atoms with E-state index in [0.717, 1.165) is 18.6 Å². The Bertz CT molecular complexity index is 678. The van der Waals surface area contributed by atoms with Crippen LogP contribution >= 0.6 is 0 Å². The number of rotatable bonds is 10. The van der Waals surface area contributed by atoms with Gasteiger partial charge in [-0.3, -0.25) is 0 Å². The summed E-state index contributed by atoms with van der Waals surface area (Å²) >= 11 is 0. The summed E-state index contributed by atoms with van der Waals surface area (Å²) in [6.07, 6.45) is 1.86. The molecule has 0 fully saturated rings. The molecule has 0 saturated carbocycles. The van der Waals surface area contributed by atoms with Crippen LogP contribution in [-0.4, -0.2) is 18.0 Å². The first-order valence-electron chi connectivity index (χ1n) is 10.1. The quantitative estimate of drug-likeness (QED) is 0.487. The van der Waals surface area contributed by atoms with Crippen LogP contribution in [0.4, 0.5) is 0 Å². The number of ether oxygens (including phenoxy) is 2. The molecule has 3 atom stereocenters. The molecule has 0 aliphatic heterocycles. The molecular formula is C24H34O3. The summed E-state index contributed by atoms with van der Waals surface area (Å²) < 4.78 is 11.5. The zero-order valence-corrected chi connectivity index (χ0v) is 17.3. The van der Waals surface area contributed by atoms with Crippen molar-refractivity contribution in [1.82, 2.24) is 0 Å². The number of hydrogen-bond donors (Lipinski definition) is 1. The standard InChI is InChI=1S/C24H34O3/c1-6-20(22-8-7-9-23(25)15-22)14-18(4)21-10-12-24(13-11-21)27-19(5)26-16-17(2)3/h7-13,15,17-20,25H,6,14,16H2,1-5H3. The zero-order valence-electron chi connectivity index (χ0n) is 17.3. The van der Waals surface area contributed by atoms with Crippen molar-refractivity contribution in [3.05, 3.63) is 59.7 Å². The topological polar surface area (TPSA) is 38.7 Å². The van der Waals surface area contributed by atoms with Crippen molar-refractivity contribution in [2.75, 3.05) is 6.61 Å². The van der Waals surface area contributed by atoms with Crippen LogP contribution < -0.4 is 4.74 Å². The maximum absolute atomic E-state index is 9.76. The molecule has 0 heterocycles. The molecule has 0 spiro atoms. The lowest BCUT2D eigenvalue weighted by Crippen LogP contribution is -2.19. The molecule has 2 aromatic carbocycles. The minimum Gasteiger partial charge on any atom is -0.508 e.